The van der Waals surface area contributed by atoms with E-state index in [1.807, 2.05) is 53.2 Å². The van der Waals surface area contributed by atoms with Crippen LogP contribution in [0.3, 0.4) is 0 Å². The summed E-state index contributed by atoms with van der Waals surface area (Å²) in [5, 5.41) is 12.7. The van der Waals surface area contributed by atoms with E-state index in [2.05, 4.69) is 11.4 Å². The predicted molar refractivity (Wildman–Crippen MR) is 103 cm³/mol. The molecule has 0 fully saturated rings. The molecule has 5 heteroatoms. The molecular weight excluding hydrogens is 326 g/mol. The molecular formula is C21H19N3O2. The lowest BCUT2D eigenvalue weighted by molar-refractivity contribution is -0.111. The van der Waals surface area contributed by atoms with E-state index in [1.165, 1.54) is 6.08 Å². The van der Waals surface area contributed by atoms with E-state index in [0.717, 1.165) is 16.5 Å². The number of anilines is 1. The molecule has 0 aliphatic rings. The predicted octanol–water partition coefficient (Wildman–Crippen LogP) is 4.22. The minimum Gasteiger partial charge on any atom is -0.497 e. The van der Waals surface area contributed by atoms with Crippen molar-refractivity contribution in [2.45, 2.75) is 13.0 Å². The number of benzene rings is 2. The number of aromatic nitrogens is 1. The van der Waals surface area contributed by atoms with Crippen LogP contribution in [0.2, 0.25) is 0 Å². The van der Waals surface area contributed by atoms with Gasteiger partial charge in [0.05, 0.1) is 19.6 Å². The number of carbonyl (C=O) groups excluding carboxylic acids is 1. The number of fused-ring (bicyclic) bond motifs is 1. The first kappa shape index (κ1) is 17.3. The van der Waals surface area contributed by atoms with Gasteiger partial charge in [0.2, 0.25) is 5.91 Å². The summed E-state index contributed by atoms with van der Waals surface area (Å²) < 4.78 is 7.19. The maximum atomic E-state index is 12.2. The Morgan fingerprint density at radius 3 is 2.92 bits per heavy atom. The first-order valence-electron chi connectivity index (χ1n) is 8.29. The quantitative estimate of drug-likeness (QED) is 0.680. The number of hydrogen-bond acceptors (Lipinski definition) is 3. The van der Waals surface area contributed by atoms with E-state index < -0.39 is 0 Å². The zero-order valence-electron chi connectivity index (χ0n) is 14.5. The lowest BCUT2D eigenvalue weighted by Crippen LogP contribution is -2.07. The molecule has 1 heterocycles. The summed E-state index contributed by atoms with van der Waals surface area (Å²) in [6, 6.07) is 17.3. The number of para-hydroxylation sites is 1. The van der Waals surface area contributed by atoms with Gasteiger partial charge in [0.25, 0.3) is 0 Å². The smallest absolute Gasteiger partial charge is 0.248 e. The largest absolute Gasteiger partial charge is 0.497 e. The molecule has 5 nitrogen and oxygen atoms in total. The average Bonchev–Trinajstić information content (AvgIpc) is 3.03. The molecule has 0 radical (unpaired) electrons. The van der Waals surface area contributed by atoms with Crippen LogP contribution in [0.1, 0.15) is 12.0 Å². The van der Waals surface area contributed by atoms with E-state index in [4.69, 9.17) is 10.00 Å². The molecule has 2 aromatic carbocycles. The van der Waals surface area contributed by atoms with Crippen LogP contribution in [-0.4, -0.2) is 17.6 Å². The second-order valence-electron chi connectivity index (χ2n) is 5.76. The Morgan fingerprint density at radius 1 is 1.27 bits per heavy atom. The molecule has 1 aromatic heterocycles. The molecule has 0 saturated heterocycles. The minimum absolute atomic E-state index is 0.216. The number of hydrogen-bond donors (Lipinski definition) is 1. The highest BCUT2D eigenvalue weighted by Gasteiger charge is 2.06. The van der Waals surface area contributed by atoms with Crippen molar-refractivity contribution in [1.29, 1.82) is 5.26 Å². The molecule has 0 bridgehead atoms. The minimum atomic E-state index is -0.216. The normalized spacial score (nSPS) is 10.8. The third-order valence-electron chi connectivity index (χ3n) is 4.04. The molecule has 0 aliphatic heterocycles. The Morgan fingerprint density at radius 2 is 2.12 bits per heavy atom. The van der Waals surface area contributed by atoms with E-state index in [-0.39, 0.29) is 5.91 Å². The lowest BCUT2D eigenvalue weighted by Gasteiger charge is -2.04. The van der Waals surface area contributed by atoms with Gasteiger partial charge in [0.1, 0.15) is 5.75 Å². The number of nitrogens with zero attached hydrogens (tertiary/aromatic N) is 2. The van der Waals surface area contributed by atoms with Gasteiger partial charge in [-0.3, -0.25) is 4.79 Å². The van der Waals surface area contributed by atoms with Gasteiger partial charge in [-0.15, -0.1) is 0 Å². The second kappa shape index (κ2) is 8.04. The van der Waals surface area contributed by atoms with Crippen LogP contribution < -0.4 is 10.1 Å². The molecule has 0 aliphatic carbocycles. The van der Waals surface area contributed by atoms with Crippen molar-refractivity contribution < 1.29 is 9.53 Å². The molecule has 130 valence electrons. The average molecular weight is 345 g/mol. The highest BCUT2D eigenvalue weighted by Crippen LogP contribution is 2.23. The Balaban J connectivity index is 1.79. The summed E-state index contributed by atoms with van der Waals surface area (Å²) >= 11 is 0. The second-order valence-corrected chi connectivity index (χ2v) is 5.76. The Bertz CT molecular complexity index is 996. The highest BCUT2D eigenvalue weighted by molar-refractivity contribution is 6.03. The third-order valence-corrected chi connectivity index (χ3v) is 4.04. The standard InChI is InChI=1S/C21H19N3O2/c1-26-18-7-4-6-17(14-18)23-21(25)11-10-16-15-24(13-5-12-22)20-9-3-2-8-19(16)20/h2-4,6-11,14-15H,5,13H2,1H3,(H,23,25)/b11-10+. The summed E-state index contributed by atoms with van der Waals surface area (Å²) in [6.07, 6.45) is 5.71. The van der Waals surface area contributed by atoms with Crippen LogP contribution in [0.15, 0.2) is 60.8 Å². The molecule has 0 atom stereocenters. The molecule has 1 N–H and O–H groups in total. The van der Waals surface area contributed by atoms with Crippen molar-refractivity contribution in [2.24, 2.45) is 0 Å². The zero-order valence-corrected chi connectivity index (χ0v) is 14.5. The van der Waals surface area contributed by atoms with Crippen LogP contribution in [0.4, 0.5) is 5.69 Å². The van der Waals surface area contributed by atoms with Gasteiger partial charge >= 0.3 is 0 Å². The van der Waals surface area contributed by atoms with Crippen molar-refractivity contribution >= 4 is 28.6 Å². The number of aryl methyl sites for hydroxylation is 1. The maximum absolute atomic E-state index is 12.2. The number of amides is 1. The summed E-state index contributed by atoms with van der Waals surface area (Å²) in [7, 11) is 1.59. The van der Waals surface area contributed by atoms with Gasteiger partial charge in [-0.05, 0) is 24.3 Å². The summed E-state index contributed by atoms with van der Waals surface area (Å²) in [5.74, 6) is 0.472. The Kier molecular flexibility index (Phi) is 5.35. The van der Waals surface area contributed by atoms with Crippen molar-refractivity contribution in [3.63, 3.8) is 0 Å². The van der Waals surface area contributed by atoms with Crippen molar-refractivity contribution in [2.75, 3.05) is 12.4 Å². The number of carbonyl (C=O) groups is 1. The Hall–Kier alpha value is -3.52. The highest BCUT2D eigenvalue weighted by atomic mass is 16.5. The molecule has 0 spiro atoms. The third kappa shape index (κ3) is 3.93. The van der Waals surface area contributed by atoms with Gasteiger partial charge in [0, 0.05) is 47.0 Å². The van der Waals surface area contributed by atoms with E-state index in [9.17, 15) is 4.79 Å². The number of ether oxygens (including phenoxy) is 1. The molecule has 0 saturated carbocycles. The van der Waals surface area contributed by atoms with E-state index >= 15 is 0 Å². The molecule has 1 amide bonds. The van der Waals surface area contributed by atoms with Crippen LogP contribution in [0.5, 0.6) is 5.75 Å². The number of methoxy groups -OCH3 is 1. The van der Waals surface area contributed by atoms with Crippen LogP contribution in [-0.2, 0) is 11.3 Å². The first-order valence-corrected chi connectivity index (χ1v) is 8.29. The Labute approximate surface area is 152 Å². The van der Waals surface area contributed by atoms with Crippen molar-refractivity contribution in [3.8, 4) is 11.8 Å². The lowest BCUT2D eigenvalue weighted by atomic mass is 10.1. The fourth-order valence-corrected chi connectivity index (χ4v) is 2.81. The van der Waals surface area contributed by atoms with Gasteiger partial charge in [-0.25, -0.2) is 0 Å². The summed E-state index contributed by atoms with van der Waals surface area (Å²) in [4.78, 5) is 12.2. The fourth-order valence-electron chi connectivity index (χ4n) is 2.81. The topological polar surface area (TPSA) is 67.0 Å². The fraction of sp³-hybridized carbons (Fsp3) is 0.143. The van der Waals surface area contributed by atoms with E-state index in [0.29, 0.717) is 24.4 Å². The number of rotatable bonds is 6. The van der Waals surface area contributed by atoms with Gasteiger partial charge < -0.3 is 14.6 Å². The number of nitriles is 1. The van der Waals surface area contributed by atoms with Crippen molar-refractivity contribution in [3.05, 3.63) is 66.4 Å². The van der Waals surface area contributed by atoms with Crippen LogP contribution in [0, 0.1) is 11.3 Å². The molecule has 0 unspecified atom stereocenters. The molecule has 26 heavy (non-hydrogen) atoms. The SMILES string of the molecule is COc1cccc(NC(=O)/C=C/c2cn(CCC#N)c3ccccc23)c1. The zero-order chi connectivity index (χ0) is 18.4. The summed E-state index contributed by atoms with van der Waals surface area (Å²) in [5.41, 5.74) is 2.67. The van der Waals surface area contributed by atoms with Crippen molar-refractivity contribution in [1.82, 2.24) is 4.57 Å². The van der Waals surface area contributed by atoms with Crippen LogP contribution >= 0.6 is 0 Å². The molecule has 3 rings (SSSR count). The van der Waals surface area contributed by atoms with E-state index in [1.54, 1.807) is 19.3 Å². The van der Waals surface area contributed by atoms with Gasteiger partial charge in [-0.2, -0.15) is 5.26 Å². The van der Waals surface area contributed by atoms with Gasteiger partial charge in [0.15, 0.2) is 0 Å². The van der Waals surface area contributed by atoms with Crippen LogP contribution in [0.25, 0.3) is 17.0 Å². The van der Waals surface area contributed by atoms with Gasteiger partial charge in [-0.1, -0.05) is 24.3 Å². The monoisotopic (exact) mass is 345 g/mol. The number of nitrogens with one attached hydrogen (secondary N) is 1. The molecule has 3 aromatic rings. The maximum Gasteiger partial charge on any atom is 0.248 e. The first-order chi connectivity index (χ1) is 12.7. The summed E-state index contributed by atoms with van der Waals surface area (Å²) in [6.45, 7) is 0.626.